The molecule has 0 aliphatic carbocycles. The normalized spacial score (nSPS) is 11.8. The molecule has 1 atom stereocenters. The first-order chi connectivity index (χ1) is 8.45. The van der Waals surface area contributed by atoms with Gasteiger partial charge in [-0.2, -0.15) is 0 Å². The van der Waals surface area contributed by atoms with Gasteiger partial charge in [-0.3, -0.25) is 9.59 Å². The van der Waals surface area contributed by atoms with Gasteiger partial charge in [0.2, 0.25) is 0 Å². The molecule has 0 spiro atoms. The summed E-state index contributed by atoms with van der Waals surface area (Å²) in [5.41, 5.74) is 1.33. The minimum Gasteiger partial charge on any atom is -0.466 e. The topological polar surface area (TPSA) is 43.4 Å². The highest BCUT2D eigenvalue weighted by atomic mass is 16.5. The first-order valence-electron chi connectivity index (χ1n) is 6.76. The third-order valence-corrected chi connectivity index (χ3v) is 2.77. The lowest BCUT2D eigenvalue weighted by Gasteiger charge is -2.09. The van der Waals surface area contributed by atoms with Gasteiger partial charge in [0.25, 0.3) is 0 Å². The molecule has 0 saturated carbocycles. The monoisotopic (exact) mass is 254 g/mol. The minimum absolute atomic E-state index is 0.0116. The van der Waals surface area contributed by atoms with Gasteiger partial charge in [0.1, 0.15) is 12.2 Å². The Balaban J connectivity index is 3.71. The Bertz CT molecular complexity index is 288. The molecule has 0 amide bonds. The van der Waals surface area contributed by atoms with E-state index >= 15 is 0 Å². The first-order valence-corrected chi connectivity index (χ1v) is 6.76. The Morgan fingerprint density at radius 2 is 1.89 bits per heavy atom. The molecule has 1 unspecified atom stereocenters. The summed E-state index contributed by atoms with van der Waals surface area (Å²) in [4.78, 5) is 22.6. The molecular formula is C15H26O3. The number of esters is 1. The van der Waals surface area contributed by atoms with Gasteiger partial charge in [0.15, 0.2) is 0 Å². The molecule has 0 rings (SSSR count). The second-order valence-corrected chi connectivity index (χ2v) is 5.02. The van der Waals surface area contributed by atoms with Gasteiger partial charge in [0.05, 0.1) is 6.61 Å². The Hall–Kier alpha value is -1.12. The summed E-state index contributed by atoms with van der Waals surface area (Å²) in [6.45, 7) is 8.41. The second-order valence-electron chi connectivity index (χ2n) is 5.02. The lowest BCUT2D eigenvalue weighted by Crippen LogP contribution is -2.11. The third-order valence-electron chi connectivity index (χ3n) is 2.77. The van der Waals surface area contributed by atoms with Gasteiger partial charge in [0, 0.05) is 6.42 Å². The zero-order valence-electron chi connectivity index (χ0n) is 12.1. The molecular weight excluding hydrogens is 228 g/mol. The van der Waals surface area contributed by atoms with E-state index in [4.69, 9.17) is 4.74 Å². The van der Waals surface area contributed by atoms with Crippen molar-refractivity contribution < 1.29 is 14.3 Å². The van der Waals surface area contributed by atoms with E-state index < -0.39 is 5.97 Å². The van der Waals surface area contributed by atoms with Crippen LogP contribution in [-0.2, 0) is 14.3 Å². The van der Waals surface area contributed by atoms with Crippen LogP contribution in [0.3, 0.4) is 0 Å². The van der Waals surface area contributed by atoms with Gasteiger partial charge in [-0.15, -0.1) is 0 Å². The number of hydrogen-bond acceptors (Lipinski definition) is 3. The van der Waals surface area contributed by atoms with Crippen LogP contribution < -0.4 is 0 Å². The summed E-state index contributed by atoms with van der Waals surface area (Å²) < 4.78 is 4.74. The van der Waals surface area contributed by atoms with Crippen molar-refractivity contribution in [3.63, 3.8) is 0 Å². The molecule has 0 heterocycles. The van der Waals surface area contributed by atoms with E-state index in [2.05, 4.69) is 26.8 Å². The minimum atomic E-state index is -0.403. The zero-order chi connectivity index (χ0) is 14.0. The molecule has 3 heteroatoms. The van der Waals surface area contributed by atoms with Crippen LogP contribution in [-0.4, -0.2) is 18.4 Å². The fraction of sp³-hybridized carbons (Fsp3) is 0.733. The summed E-state index contributed by atoms with van der Waals surface area (Å²) in [7, 11) is 0. The molecule has 0 aromatic carbocycles. The fourth-order valence-electron chi connectivity index (χ4n) is 1.67. The molecule has 0 N–H and O–H groups in total. The maximum absolute atomic E-state index is 11.5. The number of hydrogen-bond donors (Lipinski definition) is 0. The van der Waals surface area contributed by atoms with E-state index in [0.29, 0.717) is 18.9 Å². The number of ketones is 1. The molecule has 0 fully saturated rings. The van der Waals surface area contributed by atoms with Gasteiger partial charge in [-0.1, -0.05) is 18.6 Å². The molecule has 0 bridgehead atoms. The molecule has 3 nitrogen and oxygen atoms in total. The van der Waals surface area contributed by atoms with Crippen molar-refractivity contribution in [2.45, 2.75) is 59.8 Å². The number of allylic oxidation sites excluding steroid dienone is 2. The van der Waals surface area contributed by atoms with Crippen LogP contribution in [0, 0.1) is 5.92 Å². The van der Waals surface area contributed by atoms with Crippen molar-refractivity contribution in [2.24, 2.45) is 5.92 Å². The molecule has 0 aromatic heterocycles. The van der Waals surface area contributed by atoms with Gasteiger partial charge in [-0.05, 0) is 46.0 Å². The zero-order valence-corrected chi connectivity index (χ0v) is 12.1. The van der Waals surface area contributed by atoms with E-state index in [1.165, 1.54) is 5.57 Å². The predicted molar refractivity (Wildman–Crippen MR) is 73.3 cm³/mol. The van der Waals surface area contributed by atoms with Crippen molar-refractivity contribution in [3.8, 4) is 0 Å². The van der Waals surface area contributed by atoms with Crippen LogP contribution in [0.5, 0.6) is 0 Å². The summed E-state index contributed by atoms with van der Waals surface area (Å²) in [6, 6.07) is 0. The Labute approximate surface area is 111 Å². The molecule has 18 heavy (non-hydrogen) atoms. The van der Waals surface area contributed by atoms with E-state index in [0.717, 1.165) is 19.3 Å². The van der Waals surface area contributed by atoms with Crippen molar-refractivity contribution in [1.29, 1.82) is 0 Å². The maximum atomic E-state index is 11.5. The van der Waals surface area contributed by atoms with Crippen molar-refractivity contribution in [1.82, 2.24) is 0 Å². The van der Waals surface area contributed by atoms with Crippen LogP contribution >= 0.6 is 0 Å². The number of carbonyl (C=O) groups excluding carboxylic acids is 2. The summed E-state index contributed by atoms with van der Waals surface area (Å²) in [5.74, 6) is 0.106. The quantitative estimate of drug-likeness (QED) is 0.358. The van der Waals surface area contributed by atoms with Crippen molar-refractivity contribution >= 4 is 11.8 Å². The van der Waals surface area contributed by atoms with Crippen molar-refractivity contribution in [3.05, 3.63) is 11.6 Å². The number of Topliss-reactive ketones (excluding diaryl/α,β-unsaturated/α-hetero) is 1. The van der Waals surface area contributed by atoms with Gasteiger partial charge < -0.3 is 4.74 Å². The predicted octanol–water partition coefficient (Wildman–Crippen LogP) is 3.67. The highest BCUT2D eigenvalue weighted by Crippen LogP contribution is 2.14. The Morgan fingerprint density at radius 3 is 2.44 bits per heavy atom. The fourth-order valence-corrected chi connectivity index (χ4v) is 1.67. The highest BCUT2D eigenvalue weighted by molar-refractivity contribution is 5.95. The summed E-state index contributed by atoms with van der Waals surface area (Å²) >= 11 is 0. The van der Waals surface area contributed by atoms with E-state index in [1.807, 2.05) is 0 Å². The first kappa shape index (κ1) is 16.9. The van der Waals surface area contributed by atoms with Crippen molar-refractivity contribution in [2.75, 3.05) is 6.61 Å². The average molecular weight is 254 g/mol. The lowest BCUT2D eigenvalue weighted by molar-refractivity contribution is -0.145. The average Bonchev–Trinajstić information content (AvgIpc) is 2.26. The van der Waals surface area contributed by atoms with Crippen LogP contribution in [0.4, 0.5) is 0 Å². The molecule has 0 aliphatic rings. The number of rotatable bonds is 9. The second kappa shape index (κ2) is 9.86. The highest BCUT2D eigenvalue weighted by Gasteiger charge is 2.11. The molecule has 0 aromatic rings. The van der Waals surface area contributed by atoms with Gasteiger partial charge >= 0.3 is 5.97 Å². The smallest absolute Gasteiger partial charge is 0.313 e. The SMILES string of the molecule is CCOC(=O)CC(=O)CCC(C)CCC=C(C)C. The lowest BCUT2D eigenvalue weighted by atomic mass is 9.97. The Morgan fingerprint density at radius 1 is 1.22 bits per heavy atom. The summed E-state index contributed by atoms with van der Waals surface area (Å²) in [6.07, 6.45) is 5.64. The van der Waals surface area contributed by atoms with E-state index in [-0.39, 0.29) is 12.2 Å². The number of ether oxygens (including phenoxy) is 1. The molecule has 0 radical (unpaired) electrons. The van der Waals surface area contributed by atoms with E-state index in [1.54, 1.807) is 6.92 Å². The van der Waals surface area contributed by atoms with Crippen LogP contribution in [0.25, 0.3) is 0 Å². The largest absolute Gasteiger partial charge is 0.466 e. The third kappa shape index (κ3) is 10.1. The molecule has 0 aliphatic heterocycles. The molecule has 0 saturated heterocycles. The number of carbonyl (C=O) groups is 2. The Kier molecular flexibility index (Phi) is 9.25. The van der Waals surface area contributed by atoms with Crippen LogP contribution in [0.1, 0.15) is 59.8 Å². The maximum Gasteiger partial charge on any atom is 0.313 e. The molecule has 104 valence electrons. The van der Waals surface area contributed by atoms with Gasteiger partial charge in [-0.25, -0.2) is 0 Å². The van der Waals surface area contributed by atoms with Crippen LogP contribution in [0.2, 0.25) is 0 Å². The summed E-state index contributed by atoms with van der Waals surface area (Å²) in [5, 5.41) is 0. The van der Waals surface area contributed by atoms with Crippen LogP contribution in [0.15, 0.2) is 11.6 Å². The standard InChI is InChI=1S/C15H26O3/c1-5-18-15(17)11-14(16)10-9-13(4)8-6-7-12(2)3/h7,13H,5-6,8-11H2,1-4H3. The van der Waals surface area contributed by atoms with E-state index in [9.17, 15) is 9.59 Å².